The molecule has 0 spiro atoms. The van der Waals surface area contributed by atoms with Gasteiger partial charge in [0.1, 0.15) is 34.9 Å². The first-order valence-corrected chi connectivity index (χ1v) is 27.1. The number of ether oxygens (including phenoxy) is 6. The number of carbonyl (C=O) groups excluding carboxylic acids is 3. The number of thiophene rings is 1. The van der Waals surface area contributed by atoms with Crippen LogP contribution < -0.4 is 15.7 Å². The third-order valence-corrected chi connectivity index (χ3v) is 15.2. The average Bonchev–Trinajstić information content (AvgIpc) is 4.22. The third-order valence-electron chi connectivity index (χ3n) is 13.7. The predicted octanol–water partition coefficient (Wildman–Crippen LogP) is 8.45. The number of nitrogens with one attached hydrogen (secondary N) is 1. The van der Waals surface area contributed by atoms with Crippen LogP contribution in [0.5, 0.6) is 5.75 Å². The Labute approximate surface area is 464 Å². The number of ketones is 1. The molecule has 414 valence electrons. The van der Waals surface area contributed by atoms with Gasteiger partial charge in [-0.05, 0) is 88.6 Å². The molecule has 0 unspecified atom stereocenters. The first-order chi connectivity index (χ1) is 38.3. The van der Waals surface area contributed by atoms with E-state index in [-0.39, 0.29) is 49.9 Å². The van der Waals surface area contributed by atoms with Gasteiger partial charge in [-0.2, -0.15) is 0 Å². The van der Waals surface area contributed by atoms with Crippen molar-refractivity contribution in [2.45, 2.75) is 72.5 Å². The van der Waals surface area contributed by atoms with Gasteiger partial charge in [-0.3, -0.25) is 43.0 Å². The lowest BCUT2D eigenvalue weighted by atomic mass is 9.98. The van der Waals surface area contributed by atoms with Crippen molar-refractivity contribution in [3.63, 3.8) is 0 Å². The first-order valence-electron chi connectivity index (χ1n) is 25.9. The molecule has 1 amide bonds. The number of methoxy groups -OCH3 is 2. The zero-order valence-electron chi connectivity index (χ0n) is 45.1. The second kappa shape index (κ2) is 25.6. The number of amides is 1. The van der Waals surface area contributed by atoms with E-state index in [0.717, 1.165) is 44.1 Å². The number of furan rings is 1. The summed E-state index contributed by atoms with van der Waals surface area (Å²) >= 11 is 7.61. The van der Waals surface area contributed by atoms with Gasteiger partial charge in [0.2, 0.25) is 5.91 Å². The van der Waals surface area contributed by atoms with E-state index in [1.165, 1.54) is 23.0 Å². The number of aromatic nitrogens is 7. The molecular formula is C57H62ClN9O11S. The number of rotatable bonds is 26. The number of imidazole rings is 1. The number of hydrogen-bond donors (Lipinski definition) is 1. The van der Waals surface area contributed by atoms with E-state index in [2.05, 4.69) is 20.5 Å². The molecule has 0 aliphatic carbocycles. The van der Waals surface area contributed by atoms with Gasteiger partial charge in [-0.1, -0.05) is 29.8 Å². The largest absolute Gasteiger partial charge is 0.496 e. The van der Waals surface area contributed by atoms with Crippen molar-refractivity contribution in [2.24, 2.45) is 4.99 Å². The van der Waals surface area contributed by atoms with Crippen LogP contribution in [0.2, 0.25) is 5.02 Å². The fraction of sp³-hybridized carbons (Fsp3) is 0.386. The topological polar surface area (TPSA) is 228 Å². The van der Waals surface area contributed by atoms with Crippen LogP contribution in [0.3, 0.4) is 0 Å². The fourth-order valence-electron chi connectivity index (χ4n) is 9.78. The number of pyridine rings is 2. The van der Waals surface area contributed by atoms with Crippen LogP contribution in [0.4, 0.5) is 0 Å². The molecule has 9 rings (SSSR count). The van der Waals surface area contributed by atoms with E-state index < -0.39 is 18.1 Å². The van der Waals surface area contributed by atoms with Crippen LogP contribution in [-0.4, -0.2) is 131 Å². The molecule has 0 bridgehead atoms. The Morgan fingerprint density at radius 1 is 0.873 bits per heavy atom. The molecule has 0 saturated carbocycles. The van der Waals surface area contributed by atoms with Crippen molar-refractivity contribution in [2.75, 3.05) is 73.6 Å². The Morgan fingerprint density at radius 3 is 2.27 bits per heavy atom. The maximum atomic E-state index is 14.4. The summed E-state index contributed by atoms with van der Waals surface area (Å²) in [6, 6.07) is 15.6. The molecule has 2 atom stereocenters. The Hall–Kier alpha value is -7.40. The highest BCUT2D eigenvalue weighted by Gasteiger charge is 2.34. The number of hydrogen-bond acceptors (Lipinski definition) is 17. The van der Waals surface area contributed by atoms with Crippen molar-refractivity contribution in [3.05, 3.63) is 139 Å². The van der Waals surface area contributed by atoms with Crippen LogP contribution in [0, 0.1) is 27.7 Å². The van der Waals surface area contributed by atoms with Gasteiger partial charge in [0.25, 0.3) is 0 Å². The number of nitrogens with zero attached hydrogens (tertiary/aromatic N) is 8. The van der Waals surface area contributed by atoms with Gasteiger partial charge in [0.05, 0.1) is 118 Å². The summed E-state index contributed by atoms with van der Waals surface area (Å²) < 4.78 is 44.4. The summed E-state index contributed by atoms with van der Waals surface area (Å²) in [6.45, 7) is 12.2. The van der Waals surface area contributed by atoms with Crippen molar-refractivity contribution < 1.29 is 47.2 Å². The highest BCUT2D eigenvalue weighted by atomic mass is 35.5. The lowest BCUT2D eigenvalue weighted by Crippen LogP contribution is -2.35. The van der Waals surface area contributed by atoms with Crippen molar-refractivity contribution in [1.82, 2.24) is 39.2 Å². The minimum atomic E-state index is -0.663. The summed E-state index contributed by atoms with van der Waals surface area (Å²) in [5.41, 5.74) is 7.72. The molecule has 1 N–H and O–H groups in total. The van der Waals surface area contributed by atoms with Gasteiger partial charge in [0, 0.05) is 58.4 Å². The lowest BCUT2D eigenvalue weighted by molar-refractivity contribution is -0.141. The zero-order chi connectivity index (χ0) is 55.7. The van der Waals surface area contributed by atoms with Gasteiger partial charge in [-0.25, -0.2) is 4.79 Å². The predicted molar refractivity (Wildman–Crippen MR) is 298 cm³/mol. The van der Waals surface area contributed by atoms with Crippen LogP contribution in [0.1, 0.15) is 93.3 Å². The number of benzene rings is 2. The van der Waals surface area contributed by atoms with Gasteiger partial charge >= 0.3 is 11.7 Å². The van der Waals surface area contributed by atoms with E-state index in [1.54, 1.807) is 42.5 Å². The number of fused-ring (bicyclic) bond motifs is 6. The number of aryl methyl sites for hydroxylation is 3. The molecule has 20 nitrogen and oxygen atoms in total. The Kier molecular flexibility index (Phi) is 18.2. The molecule has 2 aromatic carbocycles. The number of esters is 1. The molecule has 7 heterocycles. The zero-order valence-corrected chi connectivity index (χ0v) is 46.7. The Morgan fingerprint density at radius 2 is 1.59 bits per heavy atom. The van der Waals surface area contributed by atoms with Gasteiger partial charge in [0.15, 0.2) is 11.6 Å². The minimum absolute atomic E-state index is 0.0163. The summed E-state index contributed by atoms with van der Waals surface area (Å²) in [5.74, 6) is 1.63. The molecule has 1 aliphatic rings. The molecule has 22 heteroatoms. The SMILES string of the molecule is COC(=O)C[C@@H]1N=C(c2ccc(Cl)cc2)c2c(sc(C(=O)CCCOCCOCCOCCOCCNC(=O)Cn3c(=O)n([C@H](C)c4ccccn4)c4c5cc(OC)c(-c6c(C)coc6C)cc5ncc43)c2C)-n2c(C)nnc21. The first kappa shape index (κ1) is 56.3. The highest BCUT2D eigenvalue weighted by molar-refractivity contribution is 7.17. The van der Waals surface area contributed by atoms with E-state index in [4.69, 9.17) is 54.4 Å². The molecule has 0 fully saturated rings. The van der Waals surface area contributed by atoms with E-state index in [0.29, 0.717) is 113 Å². The Bertz CT molecular complexity index is 3570. The summed E-state index contributed by atoms with van der Waals surface area (Å²) in [5, 5.41) is 13.6. The van der Waals surface area contributed by atoms with Crippen LogP contribution in [-0.2, 0) is 39.8 Å². The molecule has 0 saturated heterocycles. The van der Waals surface area contributed by atoms with Crippen molar-refractivity contribution in [3.8, 4) is 21.9 Å². The fourth-order valence-corrected chi connectivity index (χ4v) is 11.2. The smallest absolute Gasteiger partial charge is 0.330 e. The van der Waals surface area contributed by atoms with E-state index >= 15 is 0 Å². The summed E-state index contributed by atoms with van der Waals surface area (Å²) in [7, 11) is 2.94. The quantitative estimate of drug-likeness (QED) is 0.0305. The second-order valence-corrected chi connectivity index (χ2v) is 20.3. The Balaban J connectivity index is 0.694. The molecule has 8 aromatic rings. The maximum absolute atomic E-state index is 14.4. The molecule has 0 radical (unpaired) electrons. The molecule has 79 heavy (non-hydrogen) atoms. The van der Waals surface area contributed by atoms with Crippen molar-refractivity contribution in [1.29, 1.82) is 0 Å². The monoisotopic (exact) mass is 1120 g/mol. The normalized spacial score (nSPS) is 13.5. The maximum Gasteiger partial charge on any atom is 0.330 e. The number of halogens is 1. The average molecular weight is 1120 g/mol. The third kappa shape index (κ3) is 12.3. The lowest BCUT2D eigenvalue weighted by Gasteiger charge is -2.15. The van der Waals surface area contributed by atoms with E-state index in [1.807, 2.05) is 81.7 Å². The minimum Gasteiger partial charge on any atom is -0.496 e. The number of aliphatic imine (C=N–C) groups is 1. The van der Waals surface area contributed by atoms with Crippen molar-refractivity contribution >= 4 is 68.2 Å². The summed E-state index contributed by atoms with van der Waals surface area (Å²) in [6.07, 6.45) is 5.79. The number of Topliss-reactive ketones (excluding diaryl/α,β-unsaturated/α-hetero) is 1. The van der Waals surface area contributed by atoms with Gasteiger partial charge in [-0.15, -0.1) is 21.5 Å². The van der Waals surface area contributed by atoms with Crippen LogP contribution in [0.25, 0.3) is 38.1 Å². The summed E-state index contributed by atoms with van der Waals surface area (Å²) in [4.78, 5) is 69.0. The second-order valence-electron chi connectivity index (χ2n) is 18.9. The highest BCUT2D eigenvalue weighted by Crippen LogP contribution is 2.42. The van der Waals surface area contributed by atoms with Gasteiger partial charge < -0.3 is 38.2 Å². The molecular weight excluding hydrogens is 1050 g/mol. The number of carbonyl (C=O) groups is 3. The van der Waals surface area contributed by atoms with E-state index in [9.17, 15) is 19.2 Å². The van der Waals surface area contributed by atoms with Crippen LogP contribution >= 0.6 is 22.9 Å². The molecule has 1 aliphatic heterocycles. The standard InChI is InChI=1S/C57H62ClN9O11S/c1-33-32-78-36(4)50(33)41-27-43-40(28-47(41)72-6)53-45(30-61-43)65(57(71)66(53)35(3)42-11-8-9-17-59-42)31-48(69)60-18-20-75-22-24-77-26-25-76-23-21-74-19-10-12-46(68)54-34(2)51-52(38-13-15-39(58)16-14-38)62-44(29-49(70)73-7)55-64-63-37(5)67(55)56(51)79-54/h8-9,11,13-17,27-28,30,32,35,44H,10,12,18-26,29,31H2,1-7H3,(H,60,69)/t35-,44+/m1/s1. The molecule has 6 aromatic heterocycles. The van der Waals surface area contributed by atoms with Crippen LogP contribution in [0.15, 0.2) is 87.5 Å².